The maximum atomic E-state index is 12.6. The Hall–Kier alpha value is -1.52. The summed E-state index contributed by atoms with van der Waals surface area (Å²) in [6.45, 7) is 2.41. The van der Waals surface area contributed by atoms with Crippen LogP contribution in [0.1, 0.15) is 67.8 Å². The molecule has 0 saturated carbocycles. The number of ether oxygens (including phenoxy) is 1. The van der Waals surface area contributed by atoms with Crippen molar-refractivity contribution in [2.75, 3.05) is 6.61 Å². The molecule has 0 unspecified atom stereocenters. The largest absolute Gasteiger partial charge is 0.462 e. The van der Waals surface area contributed by atoms with Crippen LogP contribution in [0.2, 0.25) is 0 Å². The van der Waals surface area contributed by atoms with E-state index < -0.39 is 17.7 Å². The summed E-state index contributed by atoms with van der Waals surface area (Å²) >= 11 is 0. The quantitative estimate of drug-likeness (QED) is 0.437. The normalized spacial score (nSPS) is 11.5. The average Bonchev–Trinajstić information content (AvgIpc) is 2.49. The van der Waals surface area contributed by atoms with Gasteiger partial charge in [-0.1, -0.05) is 51.5 Å². The van der Waals surface area contributed by atoms with Gasteiger partial charge in [0.1, 0.15) is 0 Å². The van der Waals surface area contributed by atoms with Crippen LogP contribution in [0, 0.1) is 0 Å². The molecule has 0 fully saturated rings. The fourth-order valence-electron chi connectivity index (χ4n) is 2.13. The highest BCUT2D eigenvalue weighted by molar-refractivity contribution is 5.89. The number of unbranched alkanes of at least 4 members (excludes halogenated alkanes) is 6. The standard InChI is InChI=1S/C17H23F3O2/c1-2-3-4-5-6-7-8-12-22-16(21)14-10-9-11-15(13-14)17(18,19)20/h9-11,13H,2-8,12H2,1H3. The summed E-state index contributed by atoms with van der Waals surface area (Å²) in [5.74, 6) is -0.697. The van der Waals surface area contributed by atoms with Gasteiger partial charge in [-0.15, -0.1) is 0 Å². The number of esters is 1. The van der Waals surface area contributed by atoms with Gasteiger partial charge in [-0.25, -0.2) is 4.79 Å². The van der Waals surface area contributed by atoms with Gasteiger partial charge in [-0.2, -0.15) is 13.2 Å². The van der Waals surface area contributed by atoms with E-state index in [1.807, 2.05) is 0 Å². The van der Waals surface area contributed by atoms with Crippen molar-refractivity contribution < 1.29 is 22.7 Å². The van der Waals surface area contributed by atoms with E-state index in [4.69, 9.17) is 4.74 Å². The summed E-state index contributed by atoms with van der Waals surface area (Å²) in [5, 5.41) is 0. The van der Waals surface area contributed by atoms with E-state index in [0.29, 0.717) is 0 Å². The van der Waals surface area contributed by atoms with E-state index in [1.165, 1.54) is 37.8 Å². The molecule has 0 bridgehead atoms. The molecule has 0 radical (unpaired) electrons. The van der Waals surface area contributed by atoms with Crippen molar-refractivity contribution in [2.45, 2.75) is 58.0 Å². The Labute approximate surface area is 129 Å². The summed E-state index contributed by atoms with van der Waals surface area (Å²) in [6.07, 6.45) is 3.21. The van der Waals surface area contributed by atoms with Gasteiger partial charge in [0.05, 0.1) is 17.7 Å². The van der Waals surface area contributed by atoms with E-state index in [0.717, 1.165) is 31.4 Å². The van der Waals surface area contributed by atoms with Crippen LogP contribution in [-0.4, -0.2) is 12.6 Å². The second kappa shape index (κ2) is 9.49. The SMILES string of the molecule is CCCCCCCCCOC(=O)c1cccc(C(F)(F)F)c1. The summed E-state index contributed by atoms with van der Waals surface area (Å²) in [7, 11) is 0. The van der Waals surface area contributed by atoms with Crippen LogP contribution < -0.4 is 0 Å². The van der Waals surface area contributed by atoms with E-state index in [9.17, 15) is 18.0 Å². The number of hydrogen-bond donors (Lipinski definition) is 0. The van der Waals surface area contributed by atoms with Crippen molar-refractivity contribution in [3.8, 4) is 0 Å². The summed E-state index contributed by atoms with van der Waals surface area (Å²) in [6, 6.07) is 4.32. The molecule has 1 rings (SSSR count). The predicted molar refractivity (Wildman–Crippen MR) is 79.7 cm³/mol. The lowest BCUT2D eigenvalue weighted by Crippen LogP contribution is -2.10. The fourth-order valence-corrected chi connectivity index (χ4v) is 2.13. The predicted octanol–water partition coefficient (Wildman–Crippen LogP) is 5.61. The monoisotopic (exact) mass is 316 g/mol. The van der Waals surface area contributed by atoms with Gasteiger partial charge in [0, 0.05) is 0 Å². The summed E-state index contributed by atoms with van der Waals surface area (Å²) in [5.41, 5.74) is -0.893. The second-order valence-electron chi connectivity index (χ2n) is 5.34. The van der Waals surface area contributed by atoms with Crippen LogP contribution in [0.25, 0.3) is 0 Å². The molecule has 1 aromatic carbocycles. The molecule has 0 aromatic heterocycles. The van der Waals surface area contributed by atoms with Crippen LogP contribution >= 0.6 is 0 Å². The highest BCUT2D eigenvalue weighted by atomic mass is 19.4. The Kier molecular flexibility index (Phi) is 7.99. The number of alkyl halides is 3. The highest BCUT2D eigenvalue weighted by Crippen LogP contribution is 2.29. The van der Waals surface area contributed by atoms with E-state index >= 15 is 0 Å². The van der Waals surface area contributed by atoms with Crippen LogP contribution in [-0.2, 0) is 10.9 Å². The number of rotatable bonds is 9. The molecule has 5 heteroatoms. The minimum absolute atomic E-state index is 0.0576. The zero-order valence-corrected chi connectivity index (χ0v) is 12.9. The van der Waals surface area contributed by atoms with Gasteiger partial charge < -0.3 is 4.74 Å². The third-order valence-electron chi connectivity index (χ3n) is 3.41. The molecule has 0 aliphatic carbocycles. The van der Waals surface area contributed by atoms with Crippen molar-refractivity contribution >= 4 is 5.97 Å². The van der Waals surface area contributed by atoms with Gasteiger partial charge in [-0.3, -0.25) is 0 Å². The van der Waals surface area contributed by atoms with Gasteiger partial charge in [0.2, 0.25) is 0 Å². The molecule has 22 heavy (non-hydrogen) atoms. The molecule has 0 amide bonds. The van der Waals surface area contributed by atoms with Gasteiger partial charge >= 0.3 is 12.1 Å². The Morgan fingerprint density at radius 2 is 1.68 bits per heavy atom. The summed E-state index contributed by atoms with van der Waals surface area (Å²) in [4.78, 5) is 11.7. The van der Waals surface area contributed by atoms with Crippen molar-refractivity contribution in [3.05, 3.63) is 35.4 Å². The molecule has 0 atom stereocenters. The lowest BCUT2D eigenvalue weighted by molar-refractivity contribution is -0.137. The molecule has 1 aromatic rings. The van der Waals surface area contributed by atoms with Crippen LogP contribution in [0.15, 0.2) is 24.3 Å². The van der Waals surface area contributed by atoms with E-state index in [1.54, 1.807) is 0 Å². The minimum atomic E-state index is -4.45. The van der Waals surface area contributed by atoms with Crippen LogP contribution in [0.3, 0.4) is 0 Å². The van der Waals surface area contributed by atoms with Gasteiger partial charge in [-0.05, 0) is 24.6 Å². The average molecular weight is 316 g/mol. The third-order valence-corrected chi connectivity index (χ3v) is 3.41. The van der Waals surface area contributed by atoms with Crippen molar-refractivity contribution in [3.63, 3.8) is 0 Å². The minimum Gasteiger partial charge on any atom is -0.462 e. The van der Waals surface area contributed by atoms with Crippen LogP contribution in [0.4, 0.5) is 13.2 Å². The molecular weight excluding hydrogens is 293 g/mol. The van der Waals surface area contributed by atoms with Crippen molar-refractivity contribution in [1.82, 2.24) is 0 Å². The topological polar surface area (TPSA) is 26.3 Å². The van der Waals surface area contributed by atoms with E-state index in [2.05, 4.69) is 6.92 Å². The lowest BCUT2D eigenvalue weighted by Gasteiger charge is -2.09. The molecule has 0 saturated heterocycles. The highest BCUT2D eigenvalue weighted by Gasteiger charge is 2.31. The molecular formula is C17H23F3O2. The van der Waals surface area contributed by atoms with Crippen molar-refractivity contribution in [2.24, 2.45) is 0 Å². The number of hydrogen-bond acceptors (Lipinski definition) is 2. The van der Waals surface area contributed by atoms with E-state index in [-0.39, 0.29) is 12.2 Å². The Morgan fingerprint density at radius 3 is 2.32 bits per heavy atom. The number of carbonyl (C=O) groups excluding carboxylic acids is 1. The fraction of sp³-hybridized carbons (Fsp3) is 0.588. The molecule has 0 aliphatic heterocycles. The first kappa shape index (κ1) is 18.5. The zero-order chi connectivity index (χ0) is 16.4. The van der Waals surface area contributed by atoms with Gasteiger partial charge in [0.15, 0.2) is 0 Å². The maximum absolute atomic E-state index is 12.6. The maximum Gasteiger partial charge on any atom is 0.416 e. The smallest absolute Gasteiger partial charge is 0.416 e. The first-order chi connectivity index (χ1) is 10.4. The lowest BCUT2D eigenvalue weighted by atomic mass is 10.1. The van der Waals surface area contributed by atoms with Crippen molar-refractivity contribution in [1.29, 1.82) is 0 Å². The first-order valence-corrected chi connectivity index (χ1v) is 7.79. The Bertz CT molecular complexity index is 455. The number of halogens is 3. The molecule has 0 heterocycles. The molecule has 2 nitrogen and oxygen atoms in total. The summed E-state index contributed by atoms with van der Waals surface area (Å²) < 4.78 is 42.7. The Morgan fingerprint density at radius 1 is 1.05 bits per heavy atom. The van der Waals surface area contributed by atoms with Crippen LogP contribution in [0.5, 0.6) is 0 Å². The number of benzene rings is 1. The first-order valence-electron chi connectivity index (χ1n) is 7.79. The molecule has 124 valence electrons. The molecule has 0 N–H and O–H groups in total. The number of carbonyl (C=O) groups is 1. The Balaban J connectivity index is 2.28. The second-order valence-corrected chi connectivity index (χ2v) is 5.34. The third kappa shape index (κ3) is 6.96. The van der Waals surface area contributed by atoms with Gasteiger partial charge in [0.25, 0.3) is 0 Å². The zero-order valence-electron chi connectivity index (χ0n) is 12.9. The molecule has 0 aliphatic rings. The molecule has 0 spiro atoms.